The maximum absolute atomic E-state index is 12.8. The summed E-state index contributed by atoms with van der Waals surface area (Å²) in [5, 5.41) is 3.35. The number of benzene rings is 1. The van der Waals surface area contributed by atoms with E-state index in [-0.39, 0.29) is 42.8 Å². The van der Waals surface area contributed by atoms with E-state index in [1.165, 1.54) is 24.3 Å². The first-order valence-electron chi connectivity index (χ1n) is 8.37. The molecule has 134 valence electrons. The van der Waals surface area contributed by atoms with Crippen LogP contribution in [0.2, 0.25) is 0 Å². The molecule has 1 heterocycles. The molecule has 0 aliphatic carbocycles. The van der Waals surface area contributed by atoms with Gasteiger partial charge < -0.3 is 10.2 Å². The first-order chi connectivity index (χ1) is 11.1. The molecule has 1 aromatic carbocycles. The first-order valence-corrected chi connectivity index (χ1v) is 8.37. The second-order valence-corrected chi connectivity index (χ2v) is 6.06. The Labute approximate surface area is 149 Å². The molecule has 1 fully saturated rings. The van der Waals surface area contributed by atoms with Crippen LogP contribution in [0.3, 0.4) is 0 Å². The minimum atomic E-state index is -0.363. The van der Waals surface area contributed by atoms with Crippen molar-refractivity contribution in [3.63, 3.8) is 0 Å². The molecule has 0 saturated carbocycles. The van der Waals surface area contributed by atoms with Crippen LogP contribution < -0.4 is 5.32 Å². The topological polar surface area (TPSA) is 49.4 Å². The lowest BCUT2D eigenvalue weighted by molar-refractivity contribution is -0.132. The number of likely N-dealkylation sites (tertiary alicyclic amines) is 1. The largest absolute Gasteiger partial charge is 0.343 e. The zero-order valence-corrected chi connectivity index (χ0v) is 14.9. The van der Waals surface area contributed by atoms with Gasteiger partial charge in [-0.25, -0.2) is 4.39 Å². The summed E-state index contributed by atoms with van der Waals surface area (Å²) < 4.78 is 12.8. The Kier molecular flexibility index (Phi) is 8.93. The van der Waals surface area contributed by atoms with E-state index in [0.29, 0.717) is 11.5 Å². The van der Waals surface area contributed by atoms with Crippen LogP contribution in [-0.2, 0) is 4.79 Å². The van der Waals surface area contributed by atoms with Crippen molar-refractivity contribution >= 4 is 24.1 Å². The minimum Gasteiger partial charge on any atom is -0.343 e. The van der Waals surface area contributed by atoms with E-state index >= 15 is 0 Å². The molecular formula is C18H26ClFN2O2. The highest BCUT2D eigenvalue weighted by atomic mass is 35.5. The molecule has 24 heavy (non-hydrogen) atoms. The Balaban J connectivity index is 0.00000288. The number of nitrogens with one attached hydrogen (secondary N) is 1. The lowest BCUT2D eigenvalue weighted by Crippen LogP contribution is -2.40. The van der Waals surface area contributed by atoms with Crippen LogP contribution in [0.1, 0.15) is 43.0 Å². The van der Waals surface area contributed by atoms with Gasteiger partial charge in [0.15, 0.2) is 5.78 Å². The monoisotopic (exact) mass is 356 g/mol. The molecule has 1 saturated heterocycles. The van der Waals surface area contributed by atoms with E-state index in [0.717, 1.165) is 39.0 Å². The molecule has 0 atom stereocenters. The van der Waals surface area contributed by atoms with E-state index in [2.05, 4.69) is 12.2 Å². The average molecular weight is 357 g/mol. The summed E-state index contributed by atoms with van der Waals surface area (Å²) in [5.41, 5.74) is 0.462. The molecule has 0 radical (unpaired) electrons. The summed E-state index contributed by atoms with van der Waals surface area (Å²) >= 11 is 0. The van der Waals surface area contributed by atoms with Crippen molar-refractivity contribution < 1.29 is 14.0 Å². The maximum Gasteiger partial charge on any atom is 0.223 e. The fraction of sp³-hybridized carbons (Fsp3) is 0.556. The zero-order valence-electron chi connectivity index (χ0n) is 14.1. The van der Waals surface area contributed by atoms with Crippen molar-refractivity contribution in [2.75, 3.05) is 26.2 Å². The van der Waals surface area contributed by atoms with Gasteiger partial charge in [0.1, 0.15) is 5.82 Å². The van der Waals surface area contributed by atoms with Crippen LogP contribution in [0, 0.1) is 11.7 Å². The number of nitrogens with zero attached hydrogens (tertiary/aromatic N) is 1. The lowest BCUT2D eigenvalue weighted by atomic mass is 9.96. The van der Waals surface area contributed by atoms with Crippen molar-refractivity contribution in [2.24, 2.45) is 5.92 Å². The van der Waals surface area contributed by atoms with Gasteiger partial charge in [-0.05, 0) is 56.1 Å². The Morgan fingerprint density at radius 3 is 2.38 bits per heavy atom. The normalized spacial score (nSPS) is 15.0. The third-order valence-corrected chi connectivity index (χ3v) is 4.38. The molecular weight excluding hydrogens is 331 g/mol. The quantitative estimate of drug-likeness (QED) is 0.764. The van der Waals surface area contributed by atoms with Crippen molar-refractivity contribution in [3.05, 3.63) is 35.6 Å². The van der Waals surface area contributed by atoms with E-state index in [1.807, 2.05) is 4.90 Å². The number of carbonyl (C=O) groups excluding carboxylic acids is 2. The molecule has 1 aromatic rings. The number of amides is 1. The number of ketones is 1. The van der Waals surface area contributed by atoms with Crippen LogP contribution in [0.15, 0.2) is 24.3 Å². The second-order valence-electron chi connectivity index (χ2n) is 6.06. The fourth-order valence-corrected chi connectivity index (χ4v) is 2.89. The van der Waals surface area contributed by atoms with Crippen LogP contribution in [-0.4, -0.2) is 42.8 Å². The van der Waals surface area contributed by atoms with Crippen molar-refractivity contribution in [2.45, 2.75) is 32.6 Å². The number of rotatable bonds is 7. The van der Waals surface area contributed by atoms with Crippen molar-refractivity contribution in [1.82, 2.24) is 10.2 Å². The number of piperidine rings is 1. The Hall–Kier alpha value is -1.46. The molecule has 4 nitrogen and oxygen atoms in total. The van der Waals surface area contributed by atoms with Crippen LogP contribution >= 0.6 is 12.4 Å². The van der Waals surface area contributed by atoms with E-state index in [9.17, 15) is 14.0 Å². The maximum atomic E-state index is 12.8. The summed E-state index contributed by atoms with van der Waals surface area (Å²) in [6, 6.07) is 5.47. The smallest absolute Gasteiger partial charge is 0.223 e. The molecule has 6 heteroatoms. The molecule has 1 aliphatic heterocycles. The summed E-state index contributed by atoms with van der Waals surface area (Å²) in [7, 11) is 0. The molecule has 0 aromatic heterocycles. The van der Waals surface area contributed by atoms with Gasteiger partial charge in [0.05, 0.1) is 0 Å². The van der Waals surface area contributed by atoms with Gasteiger partial charge in [-0.2, -0.15) is 0 Å². The van der Waals surface area contributed by atoms with Gasteiger partial charge in [-0.1, -0.05) is 6.92 Å². The highest BCUT2D eigenvalue weighted by molar-refractivity contribution is 5.97. The zero-order chi connectivity index (χ0) is 16.7. The average Bonchev–Trinajstić information content (AvgIpc) is 2.58. The van der Waals surface area contributed by atoms with Gasteiger partial charge in [-0.15, -0.1) is 12.4 Å². The molecule has 1 amide bonds. The summed E-state index contributed by atoms with van der Waals surface area (Å²) in [6.45, 7) is 5.64. The standard InChI is InChI=1S/C18H25FN2O2.ClH/c1-2-20-13-14-9-11-21(12-10-14)18(23)8-7-17(22)15-3-5-16(19)6-4-15;/h3-6,14,20H,2,7-13H2,1H3;1H. The predicted octanol–water partition coefficient (Wildman–Crippen LogP) is 3.06. The van der Waals surface area contributed by atoms with Crippen molar-refractivity contribution in [1.29, 1.82) is 0 Å². The first kappa shape index (κ1) is 20.6. The fourth-order valence-electron chi connectivity index (χ4n) is 2.89. The molecule has 2 rings (SSSR count). The molecule has 0 bridgehead atoms. The van der Waals surface area contributed by atoms with Gasteiger partial charge in [-0.3, -0.25) is 9.59 Å². The van der Waals surface area contributed by atoms with Gasteiger partial charge in [0.25, 0.3) is 0 Å². The number of carbonyl (C=O) groups is 2. The lowest BCUT2D eigenvalue weighted by Gasteiger charge is -2.32. The number of hydrogen-bond donors (Lipinski definition) is 1. The molecule has 1 aliphatic rings. The van der Waals surface area contributed by atoms with Gasteiger partial charge in [0.2, 0.25) is 5.91 Å². The highest BCUT2D eigenvalue weighted by Gasteiger charge is 2.22. The summed E-state index contributed by atoms with van der Waals surface area (Å²) in [6.07, 6.45) is 2.45. The minimum absolute atomic E-state index is 0. The molecule has 0 spiro atoms. The van der Waals surface area contributed by atoms with Crippen molar-refractivity contribution in [3.8, 4) is 0 Å². The SMILES string of the molecule is CCNCC1CCN(C(=O)CCC(=O)c2ccc(F)cc2)CC1.Cl. The number of halogens is 2. The Morgan fingerprint density at radius 2 is 1.79 bits per heavy atom. The number of hydrogen-bond acceptors (Lipinski definition) is 3. The third-order valence-electron chi connectivity index (χ3n) is 4.38. The van der Waals surface area contributed by atoms with Gasteiger partial charge >= 0.3 is 0 Å². The Bertz CT molecular complexity index is 528. The molecule has 1 N–H and O–H groups in total. The summed E-state index contributed by atoms with van der Waals surface area (Å²) in [5.74, 6) is 0.209. The number of Topliss-reactive ketones (excluding diaryl/α,β-unsaturated/α-hetero) is 1. The van der Waals surface area contributed by atoms with Crippen LogP contribution in [0.5, 0.6) is 0 Å². The summed E-state index contributed by atoms with van der Waals surface area (Å²) in [4.78, 5) is 26.1. The second kappa shape index (κ2) is 10.4. The van der Waals surface area contributed by atoms with E-state index in [1.54, 1.807) is 0 Å². The van der Waals surface area contributed by atoms with Crippen LogP contribution in [0.25, 0.3) is 0 Å². The van der Waals surface area contributed by atoms with E-state index in [4.69, 9.17) is 0 Å². The predicted molar refractivity (Wildman–Crippen MR) is 95.1 cm³/mol. The highest BCUT2D eigenvalue weighted by Crippen LogP contribution is 2.18. The van der Waals surface area contributed by atoms with Crippen LogP contribution in [0.4, 0.5) is 4.39 Å². The Morgan fingerprint density at radius 1 is 1.17 bits per heavy atom. The van der Waals surface area contributed by atoms with Gasteiger partial charge in [0, 0.05) is 31.5 Å². The van der Waals surface area contributed by atoms with E-state index < -0.39 is 0 Å². The third kappa shape index (κ3) is 6.21. The molecule has 0 unspecified atom stereocenters.